The van der Waals surface area contributed by atoms with Crippen LogP contribution in [0.2, 0.25) is 0 Å². The molecule has 4 heteroatoms. The van der Waals surface area contributed by atoms with E-state index in [1.54, 1.807) is 13.2 Å². The van der Waals surface area contributed by atoms with Gasteiger partial charge in [-0.3, -0.25) is 4.79 Å². The summed E-state index contributed by atoms with van der Waals surface area (Å²) in [5, 5.41) is 2.85. The quantitative estimate of drug-likeness (QED) is 0.732. The van der Waals surface area contributed by atoms with Gasteiger partial charge in [-0.1, -0.05) is 6.07 Å². The lowest BCUT2D eigenvalue weighted by atomic mass is 9.94. The number of amides is 1. The SMILES string of the molecule is COc1cccc2c1CC(CN)NC2=O. The molecule has 0 saturated carbocycles. The van der Waals surface area contributed by atoms with Gasteiger partial charge in [-0.25, -0.2) is 0 Å². The number of hydrogen-bond acceptors (Lipinski definition) is 3. The van der Waals surface area contributed by atoms with Crippen molar-refractivity contribution in [2.75, 3.05) is 13.7 Å². The molecule has 0 radical (unpaired) electrons. The van der Waals surface area contributed by atoms with E-state index in [2.05, 4.69) is 5.32 Å². The maximum atomic E-state index is 11.7. The van der Waals surface area contributed by atoms with E-state index in [0.29, 0.717) is 12.1 Å². The van der Waals surface area contributed by atoms with Crippen LogP contribution in [-0.2, 0) is 6.42 Å². The zero-order valence-corrected chi connectivity index (χ0v) is 8.62. The molecule has 0 bridgehead atoms. The average molecular weight is 206 g/mol. The van der Waals surface area contributed by atoms with Crippen LogP contribution in [-0.4, -0.2) is 25.6 Å². The van der Waals surface area contributed by atoms with Crippen LogP contribution in [0.3, 0.4) is 0 Å². The highest BCUT2D eigenvalue weighted by Crippen LogP contribution is 2.26. The summed E-state index contributed by atoms with van der Waals surface area (Å²) < 4.78 is 5.23. The Morgan fingerprint density at radius 2 is 2.40 bits per heavy atom. The third-order valence-electron chi connectivity index (χ3n) is 2.67. The normalized spacial score (nSPS) is 19.3. The van der Waals surface area contributed by atoms with Crippen LogP contribution >= 0.6 is 0 Å². The molecular formula is C11H14N2O2. The van der Waals surface area contributed by atoms with Gasteiger partial charge in [0.25, 0.3) is 5.91 Å². The van der Waals surface area contributed by atoms with Crippen molar-refractivity contribution in [2.24, 2.45) is 5.73 Å². The minimum absolute atomic E-state index is 0.0151. The Balaban J connectivity index is 2.45. The van der Waals surface area contributed by atoms with Gasteiger partial charge in [-0.2, -0.15) is 0 Å². The largest absolute Gasteiger partial charge is 0.496 e. The molecule has 1 heterocycles. The first-order chi connectivity index (χ1) is 7.26. The molecule has 2 rings (SSSR count). The molecule has 80 valence electrons. The molecule has 15 heavy (non-hydrogen) atoms. The number of benzene rings is 1. The molecule has 1 atom stereocenters. The molecule has 0 saturated heterocycles. The zero-order valence-electron chi connectivity index (χ0n) is 8.62. The van der Waals surface area contributed by atoms with Crippen LogP contribution in [0.1, 0.15) is 15.9 Å². The highest BCUT2D eigenvalue weighted by Gasteiger charge is 2.25. The molecule has 0 aliphatic carbocycles. The van der Waals surface area contributed by atoms with Gasteiger partial charge in [0, 0.05) is 23.7 Å². The van der Waals surface area contributed by atoms with Gasteiger partial charge in [-0.15, -0.1) is 0 Å². The third kappa shape index (κ3) is 1.68. The molecule has 1 aromatic rings. The van der Waals surface area contributed by atoms with Crippen LogP contribution in [0.4, 0.5) is 0 Å². The van der Waals surface area contributed by atoms with E-state index >= 15 is 0 Å². The number of ether oxygens (including phenoxy) is 1. The number of rotatable bonds is 2. The number of carbonyl (C=O) groups is 1. The third-order valence-corrected chi connectivity index (χ3v) is 2.67. The predicted molar refractivity (Wildman–Crippen MR) is 57.0 cm³/mol. The van der Waals surface area contributed by atoms with Crippen molar-refractivity contribution < 1.29 is 9.53 Å². The first kappa shape index (κ1) is 9.98. The summed E-state index contributed by atoms with van der Waals surface area (Å²) in [6.45, 7) is 0.448. The van der Waals surface area contributed by atoms with Gasteiger partial charge in [0.2, 0.25) is 0 Å². The van der Waals surface area contributed by atoms with E-state index in [0.717, 1.165) is 17.7 Å². The minimum Gasteiger partial charge on any atom is -0.496 e. The standard InChI is InChI=1S/C11H14N2O2/c1-15-10-4-2-3-8-9(10)5-7(6-12)13-11(8)14/h2-4,7H,5-6,12H2,1H3,(H,13,14). The summed E-state index contributed by atoms with van der Waals surface area (Å²) in [6, 6.07) is 5.51. The number of nitrogens with one attached hydrogen (secondary N) is 1. The van der Waals surface area contributed by atoms with Gasteiger partial charge >= 0.3 is 0 Å². The lowest BCUT2D eigenvalue weighted by Gasteiger charge is -2.25. The number of methoxy groups -OCH3 is 1. The molecule has 0 fully saturated rings. The van der Waals surface area contributed by atoms with Gasteiger partial charge in [-0.05, 0) is 18.6 Å². The van der Waals surface area contributed by atoms with Crippen molar-refractivity contribution >= 4 is 5.91 Å². The molecule has 1 aliphatic rings. The Morgan fingerprint density at radius 1 is 1.60 bits per heavy atom. The summed E-state index contributed by atoms with van der Waals surface area (Å²) in [4.78, 5) is 11.7. The van der Waals surface area contributed by atoms with Crippen molar-refractivity contribution in [2.45, 2.75) is 12.5 Å². The van der Waals surface area contributed by atoms with Gasteiger partial charge in [0.1, 0.15) is 5.75 Å². The number of carbonyl (C=O) groups excluding carboxylic acids is 1. The molecule has 4 nitrogen and oxygen atoms in total. The van der Waals surface area contributed by atoms with E-state index in [9.17, 15) is 4.79 Å². The molecule has 1 amide bonds. The van der Waals surface area contributed by atoms with Gasteiger partial charge in [0.15, 0.2) is 0 Å². The molecule has 3 N–H and O–H groups in total. The van der Waals surface area contributed by atoms with Crippen molar-refractivity contribution in [1.29, 1.82) is 0 Å². The zero-order chi connectivity index (χ0) is 10.8. The number of fused-ring (bicyclic) bond motifs is 1. The Morgan fingerprint density at radius 3 is 3.07 bits per heavy atom. The second-order valence-corrected chi connectivity index (χ2v) is 3.60. The lowest BCUT2D eigenvalue weighted by molar-refractivity contribution is 0.0926. The van der Waals surface area contributed by atoms with Crippen molar-refractivity contribution in [3.8, 4) is 5.75 Å². The topological polar surface area (TPSA) is 64.3 Å². The molecule has 1 aromatic carbocycles. The van der Waals surface area contributed by atoms with Crippen molar-refractivity contribution in [3.63, 3.8) is 0 Å². The Bertz CT molecular complexity index is 390. The fourth-order valence-corrected chi connectivity index (χ4v) is 1.88. The van der Waals surface area contributed by atoms with Crippen LogP contribution in [0.15, 0.2) is 18.2 Å². The molecule has 0 aromatic heterocycles. The first-order valence-corrected chi connectivity index (χ1v) is 4.93. The average Bonchev–Trinajstić information content (AvgIpc) is 2.28. The predicted octanol–water partition coefficient (Wildman–Crippen LogP) is 0.308. The van der Waals surface area contributed by atoms with Gasteiger partial charge < -0.3 is 15.8 Å². The monoisotopic (exact) mass is 206 g/mol. The second-order valence-electron chi connectivity index (χ2n) is 3.60. The summed E-state index contributed by atoms with van der Waals surface area (Å²) in [7, 11) is 1.61. The van der Waals surface area contributed by atoms with Crippen molar-refractivity contribution in [1.82, 2.24) is 5.32 Å². The molecule has 1 unspecified atom stereocenters. The smallest absolute Gasteiger partial charge is 0.251 e. The van der Waals surface area contributed by atoms with E-state index in [-0.39, 0.29) is 11.9 Å². The minimum atomic E-state index is -0.0643. The van der Waals surface area contributed by atoms with Crippen LogP contribution in [0, 0.1) is 0 Å². The maximum Gasteiger partial charge on any atom is 0.251 e. The highest BCUT2D eigenvalue weighted by molar-refractivity contribution is 5.97. The maximum absolute atomic E-state index is 11.7. The Hall–Kier alpha value is -1.55. The number of hydrogen-bond donors (Lipinski definition) is 2. The van der Waals surface area contributed by atoms with Crippen molar-refractivity contribution in [3.05, 3.63) is 29.3 Å². The Kier molecular flexibility index (Phi) is 2.60. The van der Waals surface area contributed by atoms with E-state index in [1.807, 2.05) is 12.1 Å². The summed E-state index contributed by atoms with van der Waals surface area (Å²) in [6.07, 6.45) is 0.738. The second kappa shape index (κ2) is 3.90. The summed E-state index contributed by atoms with van der Waals surface area (Å²) >= 11 is 0. The number of nitrogens with two attached hydrogens (primary N) is 1. The first-order valence-electron chi connectivity index (χ1n) is 4.93. The fraction of sp³-hybridized carbons (Fsp3) is 0.364. The fourth-order valence-electron chi connectivity index (χ4n) is 1.88. The molecule has 0 spiro atoms. The van der Waals surface area contributed by atoms with Crippen LogP contribution < -0.4 is 15.8 Å². The summed E-state index contributed by atoms with van der Waals surface area (Å²) in [5.74, 6) is 0.700. The van der Waals surface area contributed by atoms with Gasteiger partial charge in [0.05, 0.1) is 7.11 Å². The van der Waals surface area contributed by atoms with Crippen LogP contribution in [0.5, 0.6) is 5.75 Å². The van der Waals surface area contributed by atoms with E-state index in [1.165, 1.54) is 0 Å². The van der Waals surface area contributed by atoms with Crippen LogP contribution in [0.25, 0.3) is 0 Å². The van der Waals surface area contributed by atoms with E-state index in [4.69, 9.17) is 10.5 Å². The Labute approximate surface area is 88.4 Å². The molecular weight excluding hydrogens is 192 g/mol. The highest BCUT2D eigenvalue weighted by atomic mass is 16.5. The molecule has 1 aliphatic heterocycles. The lowest BCUT2D eigenvalue weighted by Crippen LogP contribution is -2.45. The summed E-state index contributed by atoms with van der Waals surface area (Å²) in [5.41, 5.74) is 7.21. The van der Waals surface area contributed by atoms with E-state index < -0.39 is 0 Å².